The molecule has 0 radical (unpaired) electrons. The Balaban J connectivity index is 2.13. The summed E-state index contributed by atoms with van der Waals surface area (Å²) in [5, 5.41) is 0. The Morgan fingerprint density at radius 2 is 1.62 bits per heavy atom. The number of rotatable bonds is 7. The zero-order valence-electron chi connectivity index (χ0n) is 14.2. The monoisotopic (exact) mass is 329 g/mol. The van der Waals surface area contributed by atoms with E-state index in [4.69, 9.17) is 19.9 Å². The van der Waals surface area contributed by atoms with Crippen LogP contribution in [0.1, 0.15) is 12.5 Å². The molecule has 2 N–H and O–H groups in total. The third-order valence-corrected chi connectivity index (χ3v) is 3.72. The number of carbonyl (C=O) groups is 1. The first-order chi connectivity index (χ1) is 11.6. The van der Waals surface area contributed by atoms with Crippen molar-refractivity contribution in [3.8, 4) is 22.6 Å². The maximum Gasteiger partial charge on any atom is 0.323 e. The molecule has 0 aliphatic carbocycles. The summed E-state index contributed by atoms with van der Waals surface area (Å²) in [5.41, 5.74) is 8.90. The van der Waals surface area contributed by atoms with Crippen LogP contribution in [0.5, 0.6) is 11.5 Å². The fraction of sp³-hybridized carbons (Fsp3) is 0.316. The van der Waals surface area contributed by atoms with Crippen molar-refractivity contribution in [3.05, 3.63) is 48.0 Å². The highest BCUT2D eigenvalue weighted by Gasteiger charge is 2.15. The van der Waals surface area contributed by atoms with E-state index in [1.54, 1.807) is 21.1 Å². The molecule has 24 heavy (non-hydrogen) atoms. The first-order valence-electron chi connectivity index (χ1n) is 7.82. The number of benzene rings is 2. The fourth-order valence-corrected chi connectivity index (χ4v) is 2.44. The van der Waals surface area contributed by atoms with Crippen LogP contribution in [0.15, 0.2) is 42.5 Å². The third-order valence-electron chi connectivity index (χ3n) is 3.72. The average molecular weight is 329 g/mol. The van der Waals surface area contributed by atoms with Crippen LogP contribution in [0.2, 0.25) is 0 Å². The molecule has 5 heteroatoms. The lowest BCUT2D eigenvalue weighted by atomic mass is 10.0. The van der Waals surface area contributed by atoms with E-state index in [9.17, 15) is 4.79 Å². The van der Waals surface area contributed by atoms with Crippen molar-refractivity contribution in [1.82, 2.24) is 0 Å². The van der Waals surface area contributed by atoms with Crippen molar-refractivity contribution < 1.29 is 19.0 Å². The maximum atomic E-state index is 11.6. The summed E-state index contributed by atoms with van der Waals surface area (Å²) in [4.78, 5) is 11.6. The predicted molar refractivity (Wildman–Crippen MR) is 93.3 cm³/mol. The van der Waals surface area contributed by atoms with Crippen molar-refractivity contribution in [3.63, 3.8) is 0 Å². The fourth-order valence-electron chi connectivity index (χ4n) is 2.44. The van der Waals surface area contributed by atoms with E-state index in [1.807, 2.05) is 42.5 Å². The van der Waals surface area contributed by atoms with E-state index in [0.29, 0.717) is 24.5 Å². The van der Waals surface area contributed by atoms with Gasteiger partial charge in [0, 0.05) is 0 Å². The molecule has 0 saturated heterocycles. The molecule has 0 heterocycles. The third kappa shape index (κ3) is 4.26. The smallest absolute Gasteiger partial charge is 0.323 e. The number of esters is 1. The molecule has 0 amide bonds. The molecule has 5 nitrogen and oxygen atoms in total. The Morgan fingerprint density at radius 3 is 2.21 bits per heavy atom. The Kier molecular flexibility index (Phi) is 6.21. The van der Waals surface area contributed by atoms with Gasteiger partial charge in [-0.2, -0.15) is 0 Å². The molecule has 0 fully saturated rings. The van der Waals surface area contributed by atoms with Gasteiger partial charge in [0.05, 0.1) is 20.8 Å². The van der Waals surface area contributed by atoms with Crippen LogP contribution in [0, 0.1) is 0 Å². The molecular formula is C19H23NO4. The normalized spacial score (nSPS) is 11.7. The van der Waals surface area contributed by atoms with Crippen molar-refractivity contribution in [1.29, 1.82) is 0 Å². The van der Waals surface area contributed by atoms with Crippen molar-refractivity contribution >= 4 is 5.97 Å². The van der Waals surface area contributed by atoms with Gasteiger partial charge in [-0.25, -0.2) is 0 Å². The van der Waals surface area contributed by atoms with Crippen LogP contribution in [0.4, 0.5) is 0 Å². The molecular weight excluding hydrogens is 306 g/mol. The van der Waals surface area contributed by atoms with Crippen LogP contribution in [0.25, 0.3) is 11.1 Å². The molecule has 2 rings (SSSR count). The number of methoxy groups -OCH3 is 2. The maximum absolute atomic E-state index is 11.6. The van der Waals surface area contributed by atoms with Crippen LogP contribution < -0.4 is 15.2 Å². The van der Waals surface area contributed by atoms with Gasteiger partial charge in [0.15, 0.2) is 11.5 Å². The molecule has 0 aliphatic rings. The summed E-state index contributed by atoms with van der Waals surface area (Å²) in [7, 11) is 3.22. The lowest BCUT2D eigenvalue weighted by molar-refractivity contribution is -0.144. The Bertz CT molecular complexity index is 682. The highest BCUT2D eigenvalue weighted by Crippen LogP contribution is 2.32. The number of hydrogen-bond donors (Lipinski definition) is 1. The first-order valence-corrected chi connectivity index (χ1v) is 7.82. The summed E-state index contributed by atoms with van der Waals surface area (Å²) >= 11 is 0. The summed E-state index contributed by atoms with van der Waals surface area (Å²) in [6, 6.07) is 13.0. The molecule has 0 aliphatic heterocycles. The van der Waals surface area contributed by atoms with E-state index < -0.39 is 6.04 Å². The standard InChI is InChI=1S/C19H23NO4/c1-4-24-19(21)16(20)11-13-5-7-14(8-6-13)15-9-10-17(22-2)18(12-15)23-3/h5-10,12,16H,4,11,20H2,1-3H3. The van der Waals surface area contributed by atoms with Gasteiger partial charge in [0.25, 0.3) is 0 Å². The van der Waals surface area contributed by atoms with Gasteiger partial charge >= 0.3 is 5.97 Å². The number of carbonyl (C=O) groups excluding carboxylic acids is 1. The molecule has 1 atom stereocenters. The molecule has 2 aromatic rings. The second-order valence-electron chi connectivity index (χ2n) is 5.33. The minimum Gasteiger partial charge on any atom is -0.493 e. The molecule has 0 bridgehead atoms. The summed E-state index contributed by atoms with van der Waals surface area (Å²) in [6.07, 6.45) is 0.449. The molecule has 0 spiro atoms. The van der Waals surface area contributed by atoms with E-state index in [1.165, 1.54) is 0 Å². The summed E-state index contributed by atoms with van der Waals surface area (Å²) in [5.74, 6) is 1.00. The van der Waals surface area contributed by atoms with Crippen LogP contribution in [0.3, 0.4) is 0 Å². The summed E-state index contributed by atoms with van der Waals surface area (Å²) < 4.78 is 15.5. The first kappa shape index (κ1) is 17.8. The van der Waals surface area contributed by atoms with Crippen molar-refractivity contribution in [2.24, 2.45) is 5.73 Å². The molecule has 0 saturated carbocycles. The predicted octanol–water partition coefficient (Wildman–Crippen LogP) is 2.80. The van der Waals surface area contributed by atoms with Gasteiger partial charge in [-0.3, -0.25) is 4.79 Å². The van der Waals surface area contributed by atoms with Crippen molar-refractivity contribution in [2.45, 2.75) is 19.4 Å². The molecule has 128 valence electrons. The van der Waals surface area contributed by atoms with E-state index >= 15 is 0 Å². The van der Waals surface area contributed by atoms with E-state index in [0.717, 1.165) is 16.7 Å². The minimum absolute atomic E-state index is 0.338. The average Bonchev–Trinajstić information content (AvgIpc) is 2.62. The largest absolute Gasteiger partial charge is 0.493 e. The van der Waals surface area contributed by atoms with E-state index in [2.05, 4.69) is 0 Å². The second kappa shape index (κ2) is 8.36. The Labute approximate surface area is 142 Å². The van der Waals surface area contributed by atoms with Gasteiger partial charge < -0.3 is 19.9 Å². The molecule has 1 unspecified atom stereocenters. The Morgan fingerprint density at radius 1 is 1.00 bits per heavy atom. The van der Waals surface area contributed by atoms with Gasteiger partial charge in [-0.05, 0) is 42.2 Å². The highest BCUT2D eigenvalue weighted by molar-refractivity contribution is 5.76. The Hall–Kier alpha value is -2.53. The van der Waals surface area contributed by atoms with Gasteiger partial charge in [-0.1, -0.05) is 30.3 Å². The summed E-state index contributed by atoms with van der Waals surface area (Å²) in [6.45, 7) is 2.10. The van der Waals surface area contributed by atoms with Crippen molar-refractivity contribution in [2.75, 3.05) is 20.8 Å². The molecule has 0 aromatic heterocycles. The lowest BCUT2D eigenvalue weighted by Crippen LogP contribution is -2.34. The zero-order valence-corrected chi connectivity index (χ0v) is 14.2. The van der Waals surface area contributed by atoms with Crippen LogP contribution in [-0.4, -0.2) is 32.8 Å². The van der Waals surface area contributed by atoms with Gasteiger partial charge in [0.2, 0.25) is 0 Å². The zero-order chi connectivity index (χ0) is 17.5. The minimum atomic E-state index is -0.642. The number of nitrogens with two attached hydrogens (primary N) is 1. The van der Waals surface area contributed by atoms with E-state index in [-0.39, 0.29) is 5.97 Å². The second-order valence-corrected chi connectivity index (χ2v) is 5.33. The number of ether oxygens (including phenoxy) is 3. The van der Waals surface area contributed by atoms with Gasteiger partial charge in [0.1, 0.15) is 6.04 Å². The quantitative estimate of drug-likeness (QED) is 0.791. The topological polar surface area (TPSA) is 70.8 Å². The molecule has 2 aromatic carbocycles. The SMILES string of the molecule is CCOC(=O)C(N)Cc1ccc(-c2ccc(OC)c(OC)c2)cc1. The lowest BCUT2D eigenvalue weighted by Gasteiger charge is -2.12. The van der Waals surface area contributed by atoms with Gasteiger partial charge in [-0.15, -0.1) is 0 Å². The van der Waals surface area contributed by atoms with Crippen LogP contribution >= 0.6 is 0 Å². The van der Waals surface area contributed by atoms with Crippen LogP contribution in [-0.2, 0) is 16.0 Å². The highest BCUT2D eigenvalue weighted by atomic mass is 16.5. The number of hydrogen-bond acceptors (Lipinski definition) is 5.